The molecule has 0 amide bonds. The van der Waals surface area contributed by atoms with Crippen molar-refractivity contribution in [3.63, 3.8) is 0 Å². The standard InChI is InChI=1S/C17H21NO2/c1-20-17-5-4-15-8-13(2-3-16(15)9-17)10-18-7-6-14(11-18)12-19/h2-5,8-9,14,19H,6-7,10-12H2,1H3. The molecule has 1 aliphatic heterocycles. The van der Waals surface area contributed by atoms with Gasteiger partial charge in [0, 0.05) is 19.7 Å². The second kappa shape index (κ2) is 5.81. The number of rotatable bonds is 4. The number of fused-ring (bicyclic) bond motifs is 1. The van der Waals surface area contributed by atoms with Crippen LogP contribution < -0.4 is 4.74 Å². The van der Waals surface area contributed by atoms with E-state index in [1.807, 2.05) is 6.07 Å². The van der Waals surface area contributed by atoms with Crippen LogP contribution in [0.15, 0.2) is 36.4 Å². The number of hydrogen-bond donors (Lipinski definition) is 1. The van der Waals surface area contributed by atoms with E-state index in [4.69, 9.17) is 4.74 Å². The maximum atomic E-state index is 9.20. The van der Waals surface area contributed by atoms with Gasteiger partial charge in [0.15, 0.2) is 0 Å². The summed E-state index contributed by atoms with van der Waals surface area (Å²) in [5, 5.41) is 11.7. The van der Waals surface area contributed by atoms with Crippen molar-refractivity contribution < 1.29 is 9.84 Å². The van der Waals surface area contributed by atoms with E-state index in [0.29, 0.717) is 12.5 Å². The Morgan fingerprint density at radius 2 is 2.00 bits per heavy atom. The molecule has 3 rings (SSSR count). The lowest BCUT2D eigenvalue weighted by molar-refractivity contribution is 0.220. The summed E-state index contributed by atoms with van der Waals surface area (Å²) in [6.07, 6.45) is 1.11. The van der Waals surface area contributed by atoms with Crippen LogP contribution in [0.25, 0.3) is 10.8 Å². The molecule has 0 bridgehead atoms. The van der Waals surface area contributed by atoms with Crippen molar-refractivity contribution in [3.05, 3.63) is 42.0 Å². The second-order valence-corrected chi connectivity index (χ2v) is 5.62. The number of aliphatic hydroxyl groups is 1. The van der Waals surface area contributed by atoms with Gasteiger partial charge in [-0.15, -0.1) is 0 Å². The summed E-state index contributed by atoms with van der Waals surface area (Å²) < 4.78 is 5.25. The lowest BCUT2D eigenvalue weighted by atomic mass is 10.1. The van der Waals surface area contributed by atoms with Gasteiger partial charge in [-0.25, -0.2) is 0 Å². The van der Waals surface area contributed by atoms with Gasteiger partial charge in [-0.3, -0.25) is 4.90 Å². The maximum Gasteiger partial charge on any atom is 0.119 e. The first kappa shape index (κ1) is 13.4. The van der Waals surface area contributed by atoms with E-state index in [2.05, 4.69) is 35.2 Å². The molecule has 0 radical (unpaired) electrons. The highest BCUT2D eigenvalue weighted by Gasteiger charge is 2.21. The molecule has 1 unspecified atom stereocenters. The van der Waals surface area contributed by atoms with Crippen LogP contribution >= 0.6 is 0 Å². The largest absolute Gasteiger partial charge is 0.497 e. The fourth-order valence-electron chi connectivity index (χ4n) is 2.96. The minimum absolute atomic E-state index is 0.314. The molecule has 20 heavy (non-hydrogen) atoms. The van der Waals surface area contributed by atoms with Crippen LogP contribution in [0.4, 0.5) is 0 Å². The molecule has 1 N–H and O–H groups in total. The molecule has 2 aromatic carbocycles. The molecule has 1 saturated heterocycles. The van der Waals surface area contributed by atoms with E-state index in [-0.39, 0.29) is 0 Å². The zero-order valence-corrected chi connectivity index (χ0v) is 11.9. The van der Waals surface area contributed by atoms with Crippen LogP contribution in [0.2, 0.25) is 0 Å². The number of aliphatic hydroxyl groups excluding tert-OH is 1. The van der Waals surface area contributed by atoms with E-state index in [0.717, 1.165) is 31.8 Å². The van der Waals surface area contributed by atoms with E-state index >= 15 is 0 Å². The molecule has 1 fully saturated rings. The van der Waals surface area contributed by atoms with Gasteiger partial charge in [-0.2, -0.15) is 0 Å². The van der Waals surface area contributed by atoms with Gasteiger partial charge in [0.25, 0.3) is 0 Å². The third-order valence-corrected chi connectivity index (χ3v) is 4.15. The molecule has 1 aliphatic rings. The third kappa shape index (κ3) is 2.79. The summed E-state index contributed by atoms with van der Waals surface area (Å²) in [7, 11) is 1.69. The average molecular weight is 271 g/mol. The highest BCUT2D eigenvalue weighted by Crippen LogP contribution is 2.24. The predicted molar refractivity (Wildman–Crippen MR) is 81.0 cm³/mol. The van der Waals surface area contributed by atoms with Crippen LogP contribution in [-0.4, -0.2) is 36.8 Å². The first-order chi connectivity index (χ1) is 9.78. The second-order valence-electron chi connectivity index (χ2n) is 5.62. The van der Waals surface area contributed by atoms with Gasteiger partial charge < -0.3 is 9.84 Å². The third-order valence-electron chi connectivity index (χ3n) is 4.15. The first-order valence-corrected chi connectivity index (χ1v) is 7.18. The molecule has 0 saturated carbocycles. The van der Waals surface area contributed by atoms with E-state index in [1.54, 1.807) is 7.11 Å². The van der Waals surface area contributed by atoms with Crippen LogP contribution in [0.3, 0.4) is 0 Å². The molecule has 106 valence electrons. The molecule has 1 heterocycles. The van der Waals surface area contributed by atoms with Crippen molar-refractivity contribution >= 4 is 10.8 Å². The molecule has 2 aromatic rings. The Labute approximate surface area is 119 Å². The van der Waals surface area contributed by atoms with Gasteiger partial charge in [0.1, 0.15) is 5.75 Å². The fraction of sp³-hybridized carbons (Fsp3) is 0.412. The van der Waals surface area contributed by atoms with Gasteiger partial charge in [-0.1, -0.05) is 18.2 Å². The molecule has 1 atom stereocenters. The molecule has 0 aliphatic carbocycles. The van der Waals surface area contributed by atoms with Gasteiger partial charge >= 0.3 is 0 Å². The summed E-state index contributed by atoms with van der Waals surface area (Å²) in [5.74, 6) is 1.36. The molecule has 0 aromatic heterocycles. The van der Waals surface area contributed by atoms with Gasteiger partial charge in [0.05, 0.1) is 7.11 Å². The predicted octanol–water partition coefficient (Wildman–Crippen LogP) is 2.66. The number of ether oxygens (including phenoxy) is 1. The fourth-order valence-corrected chi connectivity index (χ4v) is 2.96. The molecular formula is C17H21NO2. The number of methoxy groups -OCH3 is 1. The van der Waals surface area contributed by atoms with Crippen molar-refractivity contribution in [2.75, 3.05) is 26.8 Å². The Morgan fingerprint density at radius 1 is 1.20 bits per heavy atom. The topological polar surface area (TPSA) is 32.7 Å². The lowest BCUT2D eigenvalue weighted by Gasteiger charge is -2.16. The van der Waals surface area contributed by atoms with Crippen molar-refractivity contribution in [2.45, 2.75) is 13.0 Å². The monoisotopic (exact) mass is 271 g/mol. The van der Waals surface area contributed by atoms with Crippen molar-refractivity contribution in [2.24, 2.45) is 5.92 Å². The van der Waals surface area contributed by atoms with Crippen LogP contribution in [0.1, 0.15) is 12.0 Å². The number of benzene rings is 2. The van der Waals surface area contributed by atoms with Crippen molar-refractivity contribution in [3.8, 4) is 5.75 Å². The molecule has 3 nitrogen and oxygen atoms in total. The van der Waals surface area contributed by atoms with Crippen molar-refractivity contribution in [1.29, 1.82) is 0 Å². The summed E-state index contributed by atoms with van der Waals surface area (Å²) in [4.78, 5) is 2.42. The Kier molecular flexibility index (Phi) is 3.90. The Balaban J connectivity index is 1.76. The maximum absolute atomic E-state index is 9.20. The zero-order valence-electron chi connectivity index (χ0n) is 11.9. The first-order valence-electron chi connectivity index (χ1n) is 7.18. The zero-order chi connectivity index (χ0) is 13.9. The Bertz CT molecular complexity index is 597. The molecular weight excluding hydrogens is 250 g/mol. The lowest BCUT2D eigenvalue weighted by Crippen LogP contribution is -2.20. The number of hydrogen-bond acceptors (Lipinski definition) is 3. The van der Waals surface area contributed by atoms with Crippen LogP contribution in [-0.2, 0) is 6.54 Å². The smallest absolute Gasteiger partial charge is 0.119 e. The number of nitrogens with zero attached hydrogens (tertiary/aromatic N) is 1. The Hall–Kier alpha value is -1.58. The van der Waals surface area contributed by atoms with Gasteiger partial charge in [0.2, 0.25) is 0 Å². The summed E-state index contributed by atoms with van der Waals surface area (Å²) in [6, 6.07) is 12.8. The minimum Gasteiger partial charge on any atom is -0.497 e. The minimum atomic E-state index is 0.314. The highest BCUT2D eigenvalue weighted by atomic mass is 16.5. The van der Waals surface area contributed by atoms with Gasteiger partial charge in [-0.05, 0) is 53.4 Å². The van der Waals surface area contributed by atoms with E-state index in [9.17, 15) is 5.11 Å². The van der Waals surface area contributed by atoms with E-state index < -0.39 is 0 Å². The Morgan fingerprint density at radius 3 is 2.75 bits per heavy atom. The highest BCUT2D eigenvalue weighted by molar-refractivity contribution is 5.84. The summed E-state index contributed by atoms with van der Waals surface area (Å²) in [5.41, 5.74) is 1.33. The van der Waals surface area contributed by atoms with Crippen molar-refractivity contribution in [1.82, 2.24) is 4.90 Å². The molecule has 3 heteroatoms. The summed E-state index contributed by atoms with van der Waals surface area (Å²) >= 11 is 0. The van der Waals surface area contributed by atoms with E-state index in [1.165, 1.54) is 16.3 Å². The average Bonchev–Trinajstić information content (AvgIpc) is 2.94. The number of likely N-dealkylation sites (tertiary alicyclic amines) is 1. The quantitative estimate of drug-likeness (QED) is 0.928. The summed E-state index contributed by atoms with van der Waals surface area (Å²) in [6.45, 7) is 3.38. The van der Waals surface area contributed by atoms with Crippen LogP contribution in [0, 0.1) is 5.92 Å². The van der Waals surface area contributed by atoms with Crippen LogP contribution in [0.5, 0.6) is 5.75 Å². The normalized spacial score (nSPS) is 19.6. The molecule has 0 spiro atoms. The SMILES string of the molecule is COc1ccc2cc(CN3CCC(CO)C3)ccc2c1.